The van der Waals surface area contributed by atoms with E-state index in [9.17, 15) is 14.4 Å². The molecule has 3 unspecified atom stereocenters. The number of fused-ring (bicyclic) bond motifs is 1. The molecule has 3 N–H and O–H groups in total. The van der Waals surface area contributed by atoms with E-state index >= 15 is 0 Å². The van der Waals surface area contributed by atoms with Gasteiger partial charge in [0, 0.05) is 11.5 Å². The molecule has 1 aliphatic rings. The van der Waals surface area contributed by atoms with Crippen LogP contribution in [-0.4, -0.2) is 44.9 Å². The van der Waals surface area contributed by atoms with E-state index in [0.717, 1.165) is 5.46 Å². The van der Waals surface area contributed by atoms with Gasteiger partial charge in [0.05, 0.1) is 10.9 Å². The second-order valence-electron chi connectivity index (χ2n) is 6.53. The molecule has 1 saturated heterocycles. The molecule has 1 aliphatic heterocycles. The second kappa shape index (κ2) is 5.54. The van der Waals surface area contributed by atoms with Gasteiger partial charge in [-0.1, -0.05) is 5.46 Å². The van der Waals surface area contributed by atoms with Gasteiger partial charge in [-0.15, -0.1) is 0 Å². The van der Waals surface area contributed by atoms with Crippen LogP contribution in [0.2, 0.25) is 11.6 Å². The Labute approximate surface area is 141 Å². The summed E-state index contributed by atoms with van der Waals surface area (Å²) in [6.45, 7) is 1.68. The number of benzene rings is 1. The van der Waals surface area contributed by atoms with E-state index in [4.69, 9.17) is 5.73 Å². The number of hydrogen-bond acceptors (Lipinski definition) is 5. The lowest BCUT2D eigenvalue weighted by molar-refractivity contribution is -0.135. The van der Waals surface area contributed by atoms with Gasteiger partial charge in [-0.05, 0) is 24.9 Å². The lowest BCUT2D eigenvalue weighted by Gasteiger charge is -2.34. The summed E-state index contributed by atoms with van der Waals surface area (Å²) in [5.41, 5.74) is 7.42. The van der Waals surface area contributed by atoms with Crippen molar-refractivity contribution in [3.8, 4) is 0 Å². The van der Waals surface area contributed by atoms with Gasteiger partial charge in [0.1, 0.15) is 35.4 Å². The van der Waals surface area contributed by atoms with E-state index in [1.165, 1.54) is 4.57 Å². The van der Waals surface area contributed by atoms with Crippen LogP contribution >= 0.6 is 0 Å². The topological polar surface area (TPSA) is 107 Å². The van der Waals surface area contributed by atoms with Crippen molar-refractivity contribution in [3.63, 3.8) is 0 Å². The van der Waals surface area contributed by atoms with Crippen molar-refractivity contribution in [2.45, 2.75) is 24.6 Å². The number of nitrogens with two attached hydrogens (primary N) is 1. The first-order chi connectivity index (χ1) is 11.2. The number of amides is 2. The number of aryl methyl sites for hydroxylation is 1. The number of carbonyl (C=O) groups is 2. The average Bonchev–Trinajstić information content (AvgIpc) is 2.47. The van der Waals surface area contributed by atoms with Gasteiger partial charge in [-0.2, -0.15) is 0 Å². The maximum atomic E-state index is 13.0. The number of hydrogen-bond donors (Lipinski definition) is 2. The first-order valence-corrected chi connectivity index (χ1v) is 7.86. The van der Waals surface area contributed by atoms with E-state index in [-0.39, 0.29) is 23.1 Å². The maximum absolute atomic E-state index is 13.0. The first kappa shape index (κ1) is 16.4. The number of aromatic nitrogens is 2. The minimum atomic E-state index is -0.789. The van der Waals surface area contributed by atoms with Gasteiger partial charge < -0.3 is 5.73 Å². The molecule has 2 amide bonds. The Bertz CT molecular complexity index is 943. The molecule has 120 valence electrons. The fourth-order valence-electron chi connectivity index (χ4n) is 3.35. The maximum Gasteiger partial charge on any atom is 0.264 e. The lowest BCUT2D eigenvalue weighted by atomic mass is 9.61. The molecule has 0 saturated carbocycles. The van der Waals surface area contributed by atoms with E-state index in [1.807, 2.05) is 7.85 Å². The number of nitrogen functional groups attached to an aromatic ring is 1. The molecular formula is C14H17B3N4O3. The zero-order valence-corrected chi connectivity index (χ0v) is 14.1. The van der Waals surface area contributed by atoms with Gasteiger partial charge in [0.15, 0.2) is 0 Å². The molecule has 0 bridgehead atoms. The van der Waals surface area contributed by atoms with E-state index in [0.29, 0.717) is 22.4 Å². The van der Waals surface area contributed by atoms with Gasteiger partial charge in [-0.3, -0.25) is 24.3 Å². The lowest BCUT2D eigenvalue weighted by Crippen LogP contribution is -2.50. The Hall–Kier alpha value is -2.51. The van der Waals surface area contributed by atoms with Crippen molar-refractivity contribution >= 4 is 57.4 Å². The molecule has 1 aromatic carbocycles. The quantitative estimate of drug-likeness (QED) is 0.323. The van der Waals surface area contributed by atoms with Crippen molar-refractivity contribution in [1.29, 1.82) is 0 Å². The summed E-state index contributed by atoms with van der Waals surface area (Å²) in [5.74, 6) is -1.09. The SMILES string of the molecule is Bc1cc(N)c2c(=O)n(C3C(=O)NC(=O)C(B)C3B)c(C)nc2c1. The summed E-state index contributed by atoms with van der Waals surface area (Å²) in [4.78, 5) is 41.7. The number of anilines is 1. The van der Waals surface area contributed by atoms with Gasteiger partial charge in [-0.25, -0.2) is 4.98 Å². The van der Waals surface area contributed by atoms with Crippen LogP contribution in [0.15, 0.2) is 16.9 Å². The summed E-state index contributed by atoms with van der Waals surface area (Å²) >= 11 is 0. The van der Waals surface area contributed by atoms with Crippen LogP contribution in [0, 0.1) is 6.92 Å². The molecule has 1 aromatic heterocycles. The smallest absolute Gasteiger partial charge is 0.264 e. The molecule has 0 spiro atoms. The molecule has 0 aliphatic carbocycles. The van der Waals surface area contributed by atoms with Crippen LogP contribution in [0.5, 0.6) is 0 Å². The second-order valence-corrected chi connectivity index (χ2v) is 6.53. The van der Waals surface area contributed by atoms with Crippen molar-refractivity contribution in [2.24, 2.45) is 0 Å². The number of imide groups is 1. The molecular weight excluding hydrogens is 305 g/mol. The Kier molecular flexibility index (Phi) is 3.78. The number of rotatable bonds is 1. The van der Waals surface area contributed by atoms with Crippen LogP contribution in [0.1, 0.15) is 11.9 Å². The van der Waals surface area contributed by atoms with Crippen LogP contribution in [0.25, 0.3) is 10.9 Å². The van der Waals surface area contributed by atoms with Crippen molar-refractivity contribution in [1.82, 2.24) is 14.9 Å². The highest BCUT2D eigenvalue weighted by atomic mass is 16.2. The molecule has 2 aromatic rings. The Morgan fingerprint density at radius 3 is 2.54 bits per heavy atom. The monoisotopic (exact) mass is 322 g/mol. The summed E-state index contributed by atoms with van der Waals surface area (Å²) < 4.78 is 1.36. The molecule has 10 heteroatoms. The molecule has 24 heavy (non-hydrogen) atoms. The van der Waals surface area contributed by atoms with Crippen molar-refractivity contribution in [2.75, 3.05) is 5.73 Å². The Balaban J connectivity index is 2.29. The molecule has 0 radical (unpaired) electrons. The van der Waals surface area contributed by atoms with E-state index in [2.05, 4.69) is 10.3 Å². The molecule has 3 atom stereocenters. The predicted molar refractivity (Wildman–Crippen MR) is 100 cm³/mol. The largest absolute Gasteiger partial charge is 0.398 e. The Morgan fingerprint density at radius 1 is 1.21 bits per heavy atom. The normalized spacial score (nSPS) is 24.1. The van der Waals surface area contributed by atoms with Crippen LogP contribution in [-0.2, 0) is 9.59 Å². The number of nitrogens with zero attached hydrogens (tertiary/aromatic N) is 2. The standard InChI is InChI=1S/C14H17B3N4O3/c1-4-19-7-3-5(15)2-6(18)8(7)14(24)21(4)11-9(16)10(17)12(22)20-13(11)23/h2-3,9-11H,15-18H2,1H3,(H,20,22,23). The van der Waals surface area contributed by atoms with Crippen molar-refractivity contribution in [3.05, 3.63) is 28.3 Å². The van der Waals surface area contributed by atoms with Gasteiger partial charge in [0.2, 0.25) is 11.8 Å². The highest BCUT2D eigenvalue weighted by Crippen LogP contribution is 2.34. The summed E-state index contributed by atoms with van der Waals surface area (Å²) in [6.07, 6.45) is 0. The van der Waals surface area contributed by atoms with E-state index in [1.54, 1.807) is 34.7 Å². The van der Waals surface area contributed by atoms with Crippen LogP contribution in [0.4, 0.5) is 5.69 Å². The summed E-state index contributed by atoms with van der Waals surface area (Å²) in [7, 11) is 5.41. The van der Waals surface area contributed by atoms with Crippen LogP contribution < -0.4 is 22.1 Å². The number of nitrogens with one attached hydrogen (secondary N) is 1. The average molecular weight is 322 g/mol. The third-order valence-electron chi connectivity index (χ3n) is 4.85. The summed E-state index contributed by atoms with van der Waals surface area (Å²) in [5, 5.41) is 2.64. The minimum absolute atomic E-state index is 0.302. The number of piperidine rings is 1. The third kappa shape index (κ3) is 2.33. The highest BCUT2D eigenvalue weighted by Gasteiger charge is 2.40. The highest BCUT2D eigenvalue weighted by molar-refractivity contribution is 6.34. The molecule has 7 nitrogen and oxygen atoms in total. The molecule has 3 rings (SSSR count). The molecule has 2 heterocycles. The predicted octanol–water partition coefficient (Wildman–Crippen LogP) is -3.41. The summed E-state index contributed by atoms with van der Waals surface area (Å²) in [6, 6.07) is 2.71. The number of carbonyl (C=O) groups excluding carboxylic acids is 2. The van der Waals surface area contributed by atoms with Crippen LogP contribution in [0.3, 0.4) is 0 Å². The zero-order valence-electron chi connectivity index (χ0n) is 14.1. The fourth-order valence-corrected chi connectivity index (χ4v) is 3.35. The van der Waals surface area contributed by atoms with Crippen molar-refractivity contribution < 1.29 is 9.59 Å². The third-order valence-corrected chi connectivity index (χ3v) is 4.85. The minimum Gasteiger partial charge on any atom is -0.398 e. The molecule has 1 fully saturated rings. The zero-order chi connectivity index (χ0) is 17.8. The van der Waals surface area contributed by atoms with Gasteiger partial charge >= 0.3 is 0 Å². The Morgan fingerprint density at radius 2 is 1.88 bits per heavy atom. The van der Waals surface area contributed by atoms with Gasteiger partial charge in [0.25, 0.3) is 5.56 Å². The first-order valence-electron chi connectivity index (χ1n) is 7.86. The fraction of sp³-hybridized carbons (Fsp3) is 0.286. The van der Waals surface area contributed by atoms with E-state index < -0.39 is 11.9 Å².